The number of aryl methyl sites for hydroxylation is 1. The number of benzene rings is 6. The lowest BCUT2D eigenvalue weighted by molar-refractivity contribution is 0.194. The van der Waals surface area contributed by atoms with Crippen LogP contribution in [0.3, 0.4) is 0 Å². The van der Waals surface area contributed by atoms with Crippen molar-refractivity contribution in [2.75, 3.05) is 4.90 Å². The molecule has 1 heterocycles. The van der Waals surface area contributed by atoms with Crippen molar-refractivity contribution in [2.24, 2.45) is 0 Å². The molecule has 0 N–H and O–H groups in total. The fourth-order valence-corrected chi connectivity index (χ4v) is 10.3. The number of hydrogen-bond acceptors (Lipinski definition) is 1. The van der Waals surface area contributed by atoms with Crippen molar-refractivity contribution in [3.05, 3.63) is 178 Å². The molecule has 1 fully saturated rings. The molecule has 2 atom stereocenters. The van der Waals surface area contributed by atoms with E-state index in [0.29, 0.717) is 0 Å². The second-order valence-corrected chi connectivity index (χ2v) is 14.9. The zero-order valence-electron chi connectivity index (χ0n) is 28.6. The van der Waals surface area contributed by atoms with Crippen molar-refractivity contribution in [1.82, 2.24) is 0 Å². The predicted octanol–water partition coefficient (Wildman–Crippen LogP) is 12.1. The molecule has 1 nitrogen and oxygen atoms in total. The van der Waals surface area contributed by atoms with Gasteiger partial charge in [0.2, 0.25) is 0 Å². The van der Waals surface area contributed by atoms with Crippen molar-refractivity contribution < 1.29 is 0 Å². The molecule has 9 rings (SSSR count). The summed E-state index contributed by atoms with van der Waals surface area (Å²) in [5.41, 5.74) is 17.5. The highest BCUT2D eigenvalue weighted by molar-refractivity contribution is 5.90. The number of nitrogens with zero attached hydrogens (tertiary/aromatic N) is 1. The largest absolute Gasteiger partial charge is 0.334 e. The highest BCUT2D eigenvalue weighted by Crippen LogP contribution is 2.63. The maximum absolute atomic E-state index is 2.72. The highest BCUT2D eigenvalue weighted by atomic mass is 15.3. The maximum atomic E-state index is 2.72. The Hall–Kier alpha value is -4.88. The Morgan fingerprint density at radius 1 is 0.542 bits per heavy atom. The van der Waals surface area contributed by atoms with Crippen LogP contribution in [0.5, 0.6) is 0 Å². The lowest BCUT2D eigenvalue weighted by Crippen LogP contribution is -2.54. The van der Waals surface area contributed by atoms with E-state index in [1.165, 1.54) is 92.7 Å². The van der Waals surface area contributed by atoms with E-state index in [-0.39, 0.29) is 11.0 Å². The van der Waals surface area contributed by atoms with Crippen LogP contribution in [0.15, 0.2) is 140 Å². The molecule has 0 amide bonds. The van der Waals surface area contributed by atoms with Crippen molar-refractivity contribution in [3.8, 4) is 22.3 Å². The average Bonchev–Trinajstić information content (AvgIpc) is 3.55. The quantitative estimate of drug-likeness (QED) is 0.189. The molecule has 0 radical (unpaired) electrons. The zero-order valence-corrected chi connectivity index (χ0v) is 28.6. The molecular weight excluding hydrogens is 579 g/mol. The van der Waals surface area contributed by atoms with Crippen LogP contribution in [0.4, 0.5) is 11.4 Å². The summed E-state index contributed by atoms with van der Waals surface area (Å²) in [5, 5.41) is 0. The van der Waals surface area contributed by atoms with E-state index >= 15 is 0 Å². The van der Waals surface area contributed by atoms with Crippen LogP contribution in [0.1, 0.15) is 78.5 Å². The Balaban J connectivity index is 1.31. The number of rotatable bonds is 4. The second-order valence-electron chi connectivity index (χ2n) is 14.9. The topological polar surface area (TPSA) is 3.24 Å². The Kier molecular flexibility index (Phi) is 6.44. The van der Waals surface area contributed by atoms with Crippen molar-refractivity contribution >= 4 is 11.4 Å². The molecule has 1 saturated carbocycles. The molecule has 0 spiro atoms. The van der Waals surface area contributed by atoms with Crippen LogP contribution < -0.4 is 4.90 Å². The third-order valence-electron chi connectivity index (χ3n) is 12.6. The van der Waals surface area contributed by atoms with Gasteiger partial charge in [0, 0.05) is 16.8 Å². The first-order chi connectivity index (χ1) is 23.4. The van der Waals surface area contributed by atoms with Crippen LogP contribution in [-0.4, -0.2) is 5.54 Å². The SMILES string of the molecule is Cc1cc(-c2ccc3c(c2)C(c2ccccc2)(c2ccccc2)c2ccccc2-3)c(C)c2c1N(c1ccccc1)C1(C)CCCCC21C. The Bertz CT molecular complexity index is 2140. The van der Waals surface area contributed by atoms with Gasteiger partial charge >= 0.3 is 0 Å². The highest BCUT2D eigenvalue weighted by Gasteiger charge is 2.59. The molecule has 236 valence electrons. The molecule has 2 aliphatic carbocycles. The lowest BCUT2D eigenvalue weighted by atomic mass is 9.60. The molecule has 0 aromatic heterocycles. The fraction of sp³-hybridized carbons (Fsp3) is 0.234. The summed E-state index contributed by atoms with van der Waals surface area (Å²) in [4.78, 5) is 2.72. The smallest absolute Gasteiger partial charge is 0.0713 e. The van der Waals surface area contributed by atoms with Crippen LogP contribution in [0.25, 0.3) is 22.3 Å². The van der Waals surface area contributed by atoms with Gasteiger partial charge in [0.1, 0.15) is 0 Å². The van der Waals surface area contributed by atoms with Gasteiger partial charge in [-0.3, -0.25) is 0 Å². The van der Waals surface area contributed by atoms with E-state index in [1.807, 2.05) is 0 Å². The summed E-state index contributed by atoms with van der Waals surface area (Å²) in [5.74, 6) is 0. The van der Waals surface area contributed by atoms with E-state index < -0.39 is 5.41 Å². The van der Waals surface area contributed by atoms with Crippen LogP contribution in [-0.2, 0) is 10.8 Å². The normalized spacial score (nSPS) is 21.7. The van der Waals surface area contributed by atoms with E-state index in [9.17, 15) is 0 Å². The lowest BCUT2D eigenvalue weighted by Gasteiger charge is -2.50. The molecule has 6 aromatic rings. The summed E-state index contributed by atoms with van der Waals surface area (Å²) >= 11 is 0. The molecule has 0 bridgehead atoms. The third kappa shape index (κ3) is 3.73. The molecule has 48 heavy (non-hydrogen) atoms. The van der Waals surface area contributed by atoms with Gasteiger partial charge in [-0.15, -0.1) is 0 Å². The number of hydrogen-bond donors (Lipinski definition) is 0. The molecule has 1 heteroatoms. The van der Waals surface area contributed by atoms with Crippen molar-refractivity contribution in [1.29, 1.82) is 0 Å². The van der Waals surface area contributed by atoms with Gasteiger partial charge in [-0.2, -0.15) is 0 Å². The molecule has 3 aliphatic rings. The molecular formula is C47H43N. The summed E-state index contributed by atoms with van der Waals surface area (Å²) < 4.78 is 0. The van der Waals surface area contributed by atoms with Crippen LogP contribution in [0.2, 0.25) is 0 Å². The zero-order chi connectivity index (χ0) is 32.7. The predicted molar refractivity (Wildman–Crippen MR) is 201 cm³/mol. The van der Waals surface area contributed by atoms with Crippen molar-refractivity contribution in [3.63, 3.8) is 0 Å². The Morgan fingerprint density at radius 3 is 1.81 bits per heavy atom. The Morgan fingerprint density at radius 2 is 1.12 bits per heavy atom. The average molecular weight is 622 g/mol. The molecule has 1 aliphatic heterocycles. The summed E-state index contributed by atoms with van der Waals surface area (Å²) in [7, 11) is 0. The van der Waals surface area contributed by atoms with E-state index in [2.05, 4.69) is 172 Å². The minimum absolute atomic E-state index is 0.0262. The Labute approximate surface area is 285 Å². The first-order valence-corrected chi connectivity index (χ1v) is 17.8. The first kappa shape index (κ1) is 29.3. The first-order valence-electron chi connectivity index (χ1n) is 17.8. The van der Waals surface area contributed by atoms with Crippen molar-refractivity contribution in [2.45, 2.75) is 69.7 Å². The maximum Gasteiger partial charge on any atom is 0.0713 e. The minimum atomic E-state index is -0.401. The van der Waals surface area contributed by atoms with Gasteiger partial charge in [-0.05, 0) is 119 Å². The van der Waals surface area contributed by atoms with Crippen LogP contribution in [0, 0.1) is 13.8 Å². The van der Waals surface area contributed by atoms with Gasteiger partial charge in [0.05, 0.1) is 11.0 Å². The standard InChI is InChI=1S/C47H43N/c1-32-30-40(33(2)43-44(32)48(37-22-12-7-13-23-37)46(4)29-17-16-28-45(43,46)3)34-26-27-39-38-24-14-15-25-41(38)47(42(39)31-34,35-18-8-5-9-19-35)36-20-10-6-11-21-36/h5-15,18-27,30-31H,16-17,28-29H2,1-4H3. The third-order valence-corrected chi connectivity index (χ3v) is 12.6. The van der Waals surface area contributed by atoms with Gasteiger partial charge in [0.25, 0.3) is 0 Å². The number of anilines is 2. The molecule has 2 unspecified atom stereocenters. The van der Waals surface area contributed by atoms with Gasteiger partial charge < -0.3 is 4.90 Å². The second kappa shape index (κ2) is 10.6. The van der Waals surface area contributed by atoms with Gasteiger partial charge in [-0.1, -0.05) is 135 Å². The van der Waals surface area contributed by atoms with E-state index in [4.69, 9.17) is 0 Å². The summed E-state index contributed by atoms with van der Waals surface area (Å²) in [6.45, 7) is 9.87. The fourth-order valence-electron chi connectivity index (χ4n) is 10.3. The van der Waals surface area contributed by atoms with Gasteiger partial charge in [-0.25, -0.2) is 0 Å². The monoisotopic (exact) mass is 621 g/mol. The molecule has 0 saturated heterocycles. The van der Waals surface area contributed by atoms with E-state index in [1.54, 1.807) is 5.56 Å². The molecule has 6 aromatic carbocycles. The van der Waals surface area contributed by atoms with Crippen LogP contribution >= 0.6 is 0 Å². The summed E-state index contributed by atoms with van der Waals surface area (Å²) in [6.07, 6.45) is 4.98. The minimum Gasteiger partial charge on any atom is -0.334 e. The van der Waals surface area contributed by atoms with E-state index in [0.717, 1.165) is 0 Å². The summed E-state index contributed by atoms with van der Waals surface area (Å²) in [6, 6.07) is 52.4. The van der Waals surface area contributed by atoms with Gasteiger partial charge in [0.15, 0.2) is 0 Å². The number of para-hydroxylation sites is 1. The number of fused-ring (bicyclic) bond motifs is 6.